The van der Waals surface area contributed by atoms with Crippen LogP contribution in [0.1, 0.15) is 46.0 Å². The number of piperidine rings is 2. The van der Waals surface area contributed by atoms with Gasteiger partial charge in [-0.3, -0.25) is 0 Å². The van der Waals surface area contributed by atoms with Crippen LogP contribution in [0.5, 0.6) is 0 Å². The van der Waals surface area contributed by atoms with Crippen LogP contribution in [0.25, 0.3) is 0 Å². The molecule has 0 saturated carbocycles. The van der Waals surface area contributed by atoms with Crippen molar-refractivity contribution in [2.24, 2.45) is 0 Å². The number of rotatable bonds is 3. The number of nitrogens with zero attached hydrogens (tertiary/aromatic N) is 1. The first kappa shape index (κ1) is 17.2. The van der Waals surface area contributed by atoms with Gasteiger partial charge < -0.3 is 5.32 Å². The summed E-state index contributed by atoms with van der Waals surface area (Å²) in [6, 6.07) is 0.612. The van der Waals surface area contributed by atoms with Crippen molar-refractivity contribution in [2.45, 2.75) is 64.1 Å². The number of hydrogen-bond acceptors (Lipinski definition) is 3. The van der Waals surface area contributed by atoms with Crippen molar-refractivity contribution >= 4 is 22.6 Å². The minimum absolute atomic E-state index is 0. The fraction of sp³-hybridized carbons (Fsp3) is 1.00. The van der Waals surface area contributed by atoms with E-state index in [4.69, 9.17) is 0 Å². The fourth-order valence-electron chi connectivity index (χ4n) is 2.95. The minimum Gasteiger partial charge on any atom is -0.314 e. The van der Waals surface area contributed by atoms with Gasteiger partial charge in [-0.05, 0) is 46.1 Å². The van der Waals surface area contributed by atoms with Gasteiger partial charge in [0.1, 0.15) is 0 Å². The first-order valence-electron chi connectivity index (χ1n) is 7.01. The second kappa shape index (κ2) is 7.22. The van der Waals surface area contributed by atoms with Crippen molar-refractivity contribution in [3.05, 3.63) is 0 Å². The van der Waals surface area contributed by atoms with Crippen LogP contribution in [0.4, 0.5) is 0 Å². The highest BCUT2D eigenvalue weighted by Crippen LogP contribution is 2.20. The first-order chi connectivity index (χ1) is 8.49. The highest BCUT2D eigenvalue weighted by Gasteiger charge is 2.32. The zero-order chi connectivity index (χ0) is 13.2. The van der Waals surface area contributed by atoms with Crippen LogP contribution in [-0.4, -0.2) is 43.9 Å². The maximum atomic E-state index is 12.4. The predicted molar refractivity (Wildman–Crippen MR) is 79.8 cm³/mol. The molecule has 2 aliphatic heterocycles. The van der Waals surface area contributed by atoms with E-state index < -0.39 is 10.2 Å². The van der Waals surface area contributed by atoms with E-state index in [0.717, 1.165) is 38.6 Å². The molecule has 0 aromatic rings. The fourth-order valence-corrected chi connectivity index (χ4v) is 4.67. The summed E-state index contributed by atoms with van der Waals surface area (Å²) in [4.78, 5) is 0. The molecule has 2 N–H and O–H groups in total. The Morgan fingerprint density at radius 2 is 1.95 bits per heavy atom. The maximum absolute atomic E-state index is 12.4. The Kier molecular flexibility index (Phi) is 6.53. The second-order valence-corrected chi connectivity index (χ2v) is 7.31. The van der Waals surface area contributed by atoms with Crippen molar-refractivity contribution in [1.29, 1.82) is 0 Å². The third-order valence-corrected chi connectivity index (χ3v) is 5.78. The smallest absolute Gasteiger partial charge is 0.279 e. The quantitative estimate of drug-likeness (QED) is 0.825. The first-order valence-corrected chi connectivity index (χ1v) is 8.45. The van der Waals surface area contributed by atoms with Gasteiger partial charge in [-0.2, -0.15) is 17.4 Å². The Bertz CT molecular complexity index is 377. The normalized spacial score (nSPS) is 33.7. The van der Waals surface area contributed by atoms with E-state index in [-0.39, 0.29) is 24.5 Å². The predicted octanol–water partition coefficient (Wildman–Crippen LogP) is 1.26. The Hall–Kier alpha value is 0.120. The van der Waals surface area contributed by atoms with Crippen molar-refractivity contribution in [3.63, 3.8) is 0 Å². The molecule has 114 valence electrons. The third kappa shape index (κ3) is 4.56. The molecule has 2 saturated heterocycles. The summed E-state index contributed by atoms with van der Waals surface area (Å²) < 4.78 is 29.3. The molecule has 2 heterocycles. The molecule has 0 radical (unpaired) electrons. The zero-order valence-electron chi connectivity index (χ0n) is 11.8. The largest absolute Gasteiger partial charge is 0.314 e. The van der Waals surface area contributed by atoms with E-state index in [0.29, 0.717) is 12.6 Å². The van der Waals surface area contributed by atoms with Crippen molar-refractivity contribution in [3.8, 4) is 0 Å². The lowest BCUT2D eigenvalue weighted by Crippen LogP contribution is -2.53. The monoisotopic (exact) mass is 311 g/mol. The number of halogens is 1. The van der Waals surface area contributed by atoms with E-state index in [2.05, 4.69) is 17.0 Å². The maximum Gasteiger partial charge on any atom is 0.279 e. The van der Waals surface area contributed by atoms with Gasteiger partial charge in [-0.25, -0.2) is 0 Å². The van der Waals surface area contributed by atoms with Crippen LogP contribution in [0.15, 0.2) is 0 Å². The van der Waals surface area contributed by atoms with Gasteiger partial charge in [0, 0.05) is 24.7 Å². The molecule has 3 atom stereocenters. The average molecular weight is 312 g/mol. The Labute approximate surface area is 123 Å². The highest BCUT2D eigenvalue weighted by molar-refractivity contribution is 7.87. The number of hydrogen-bond donors (Lipinski definition) is 2. The molecule has 0 aliphatic carbocycles. The lowest BCUT2D eigenvalue weighted by atomic mass is 10.0. The molecule has 0 bridgehead atoms. The SMILES string of the molecule is CC1CC(NS(=O)(=O)N2CCCCC2C)CCN1.Cl. The second-order valence-electron chi connectivity index (χ2n) is 5.65. The summed E-state index contributed by atoms with van der Waals surface area (Å²) in [5, 5.41) is 3.34. The van der Waals surface area contributed by atoms with Crippen molar-refractivity contribution in [1.82, 2.24) is 14.3 Å². The van der Waals surface area contributed by atoms with Crippen LogP contribution in [0.3, 0.4) is 0 Å². The van der Waals surface area contributed by atoms with Crippen LogP contribution in [-0.2, 0) is 10.2 Å². The molecule has 5 nitrogen and oxygen atoms in total. The topological polar surface area (TPSA) is 61.4 Å². The Morgan fingerprint density at radius 1 is 1.21 bits per heavy atom. The molecule has 2 fully saturated rings. The van der Waals surface area contributed by atoms with E-state index in [1.165, 1.54) is 0 Å². The lowest BCUT2D eigenvalue weighted by Gasteiger charge is -2.35. The summed E-state index contributed by atoms with van der Waals surface area (Å²) >= 11 is 0. The molecule has 7 heteroatoms. The van der Waals surface area contributed by atoms with E-state index in [9.17, 15) is 8.42 Å². The summed E-state index contributed by atoms with van der Waals surface area (Å²) in [6.07, 6.45) is 4.85. The summed E-state index contributed by atoms with van der Waals surface area (Å²) in [5.74, 6) is 0. The van der Waals surface area contributed by atoms with Gasteiger partial charge in [-0.15, -0.1) is 12.4 Å². The minimum atomic E-state index is -3.30. The average Bonchev–Trinajstić information content (AvgIpc) is 2.28. The molecule has 19 heavy (non-hydrogen) atoms. The van der Waals surface area contributed by atoms with Crippen molar-refractivity contribution < 1.29 is 8.42 Å². The van der Waals surface area contributed by atoms with Crippen LogP contribution >= 0.6 is 12.4 Å². The molecule has 0 aromatic heterocycles. The highest BCUT2D eigenvalue weighted by atomic mass is 35.5. The lowest BCUT2D eigenvalue weighted by molar-refractivity contribution is 0.259. The van der Waals surface area contributed by atoms with Crippen LogP contribution in [0, 0.1) is 0 Å². The molecule has 2 aliphatic rings. The van der Waals surface area contributed by atoms with Gasteiger partial charge >= 0.3 is 0 Å². The summed E-state index contributed by atoms with van der Waals surface area (Å²) in [7, 11) is -3.30. The summed E-state index contributed by atoms with van der Waals surface area (Å²) in [6.45, 7) is 5.66. The zero-order valence-corrected chi connectivity index (χ0v) is 13.4. The molecule has 3 unspecified atom stereocenters. The Morgan fingerprint density at radius 3 is 2.58 bits per heavy atom. The molecule has 2 rings (SSSR count). The standard InChI is InChI=1S/C12H25N3O2S.ClH/c1-10-9-12(6-7-13-10)14-18(16,17)15-8-4-3-5-11(15)2;/h10-14H,3-9H2,1-2H3;1H. The molecule has 0 spiro atoms. The number of nitrogens with one attached hydrogen (secondary N) is 2. The third-order valence-electron chi connectivity index (χ3n) is 3.99. The van der Waals surface area contributed by atoms with Gasteiger partial charge in [0.15, 0.2) is 0 Å². The van der Waals surface area contributed by atoms with E-state index in [1.807, 2.05) is 6.92 Å². The Balaban J connectivity index is 0.00000180. The van der Waals surface area contributed by atoms with Gasteiger partial charge in [0.2, 0.25) is 0 Å². The van der Waals surface area contributed by atoms with Gasteiger partial charge in [0.25, 0.3) is 10.2 Å². The molecule has 0 aromatic carbocycles. The summed E-state index contributed by atoms with van der Waals surface area (Å²) in [5.41, 5.74) is 0. The van der Waals surface area contributed by atoms with E-state index in [1.54, 1.807) is 4.31 Å². The van der Waals surface area contributed by atoms with Crippen LogP contribution in [0.2, 0.25) is 0 Å². The molecular formula is C12H26ClN3O2S. The molecule has 0 amide bonds. The van der Waals surface area contributed by atoms with E-state index >= 15 is 0 Å². The van der Waals surface area contributed by atoms with Crippen LogP contribution < -0.4 is 10.0 Å². The van der Waals surface area contributed by atoms with Gasteiger partial charge in [-0.1, -0.05) is 6.42 Å². The molecular weight excluding hydrogens is 286 g/mol. The van der Waals surface area contributed by atoms with Gasteiger partial charge in [0.05, 0.1) is 0 Å². The van der Waals surface area contributed by atoms with Crippen molar-refractivity contribution in [2.75, 3.05) is 13.1 Å².